The van der Waals surface area contributed by atoms with Crippen LogP contribution in [-0.2, 0) is 10.2 Å². The van der Waals surface area contributed by atoms with Crippen LogP contribution >= 0.6 is 12.4 Å². The van der Waals surface area contributed by atoms with Crippen LogP contribution in [0.15, 0.2) is 0 Å². The van der Waals surface area contributed by atoms with Crippen molar-refractivity contribution in [1.82, 2.24) is 9.03 Å². The van der Waals surface area contributed by atoms with E-state index in [2.05, 4.69) is 4.72 Å². The summed E-state index contributed by atoms with van der Waals surface area (Å²) in [4.78, 5) is 0. The van der Waals surface area contributed by atoms with Gasteiger partial charge in [0, 0.05) is 25.7 Å². The number of nitrogens with zero attached hydrogens (tertiary/aromatic N) is 1. The maximum Gasteiger partial charge on any atom is 0.279 e. The van der Waals surface area contributed by atoms with Crippen LogP contribution in [0.1, 0.15) is 20.8 Å². The van der Waals surface area contributed by atoms with E-state index in [4.69, 9.17) is 5.73 Å². The third kappa shape index (κ3) is 5.11. The molecule has 0 spiro atoms. The Kier molecular flexibility index (Phi) is 7.77. The van der Waals surface area contributed by atoms with Gasteiger partial charge in [-0.15, -0.1) is 12.4 Å². The lowest BCUT2D eigenvalue weighted by Gasteiger charge is -2.24. The number of hydrogen-bond acceptors (Lipinski definition) is 3. The van der Waals surface area contributed by atoms with E-state index in [-0.39, 0.29) is 24.5 Å². The van der Waals surface area contributed by atoms with Crippen molar-refractivity contribution in [3.63, 3.8) is 0 Å². The van der Waals surface area contributed by atoms with Crippen LogP contribution in [0, 0.1) is 0 Å². The van der Waals surface area contributed by atoms with Crippen LogP contribution in [0.4, 0.5) is 0 Å². The van der Waals surface area contributed by atoms with Gasteiger partial charge in [0.1, 0.15) is 0 Å². The van der Waals surface area contributed by atoms with Gasteiger partial charge in [0.25, 0.3) is 10.2 Å². The van der Waals surface area contributed by atoms with E-state index in [1.807, 2.05) is 0 Å². The van der Waals surface area contributed by atoms with Crippen molar-refractivity contribution in [2.45, 2.75) is 32.9 Å². The molecular formula is C7H20ClN3O2S. The number of halogens is 1. The van der Waals surface area contributed by atoms with E-state index < -0.39 is 10.2 Å². The molecule has 0 rings (SSSR count). The van der Waals surface area contributed by atoms with Crippen molar-refractivity contribution < 1.29 is 8.42 Å². The van der Waals surface area contributed by atoms with Gasteiger partial charge in [-0.2, -0.15) is 17.4 Å². The predicted octanol–water partition coefficient (Wildman–Crippen LogP) is -0.0700. The van der Waals surface area contributed by atoms with Gasteiger partial charge in [-0.3, -0.25) is 0 Å². The molecule has 0 saturated carbocycles. The minimum absolute atomic E-state index is 0. The molecule has 0 saturated heterocycles. The molecule has 0 aliphatic carbocycles. The maximum absolute atomic E-state index is 11.5. The van der Waals surface area contributed by atoms with Crippen LogP contribution in [0.2, 0.25) is 0 Å². The molecule has 0 heterocycles. The van der Waals surface area contributed by atoms with E-state index in [1.165, 1.54) is 11.4 Å². The van der Waals surface area contributed by atoms with E-state index in [0.717, 1.165) is 0 Å². The number of likely N-dealkylation sites (N-methyl/N-ethyl adjacent to an activating group) is 1. The van der Waals surface area contributed by atoms with Crippen molar-refractivity contribution in [3.05, 3.63) is 0 Å². The van der Waals surface area contributed by atoms with E-state index in [9.17, 15) is 8.42 Å². The lowest BCUT2D eigenvalue weighted by molar-refractivity contribution is 0.384. The van der Waals surface area contributed by atoms with Crippen molar-refractivity contribution in [3.8, 4) is 0 Å². The highest BCUT2D eigenvalue weighted by molar-refractivity contribution is 7.87. The van der Waals surface area contributed by atoms with Gasteiger partial charge in [-0.1, -0.05) is 0 Å². The zero-order chi connectivity index (χ0) is 10.6. The van der Waals surface area contributed by atoms with Crippen LogP contribution < -0.4 is 10.5 Å². The molecule has 0 bridgehead atoms. The first kappa shape index (κ1) is 16.5. The second-order valence-corrected chi connectivity index (χ2v) is 5.14. The summed E-state index contributed by atoms with van der Waals surface area (Å²) < 4.78 is 26.7. The van der Waals surface area contributed by atoms with Crippen LogP contribution in [-0.4, -0.2) is 38.4 Å². The zero-order valence-corrected chi connectivity index (χ0v) is 10.7. The SMILES string of the molecule is CC(C)NS(=O)(=O)N(C)C(C)CN.Cl. The summed E-state index contributed by atoms with van der Waals surface area (Å²) in [6.45, 7) is 5.63. The first-order valence-corrected chi connectivity index (χ1v) is 5.70. The Hall–Kier alpha value is 0.120. The molecule has 0 amide bonds. The highest BCUT2D eigenvalue weighted by Crippen LogP contribution is 2.01. The summed E-state index contributed by atoms with van der Waals surface area (Å²) >= 11 is 0. The van der Waals surface area contributed by atoms with Gasteiger partial charge in [0.05, 0.1) is 0 Å². The van der Waals surface area contributed by atoms with Crippen molar-refractivity contribution in [1.29, 1.82) is 0 Å². The highest BCUT2D eigenvalue weighted by Gasteiger charge is 2.22. The molecule has 0 radical (unpaired) electrons. The van der Waals surface area contributed by atoms with Crippen LogP contribution in [0.3, 0.4) is 0 Å². The number of rotatable bonds is 5. The lowest BCUT2D eigenvalue weighted by atomic mass is 10.4. The minimum atomic E-state index is -3.37. The summed E-state index contributed by atoms with van der Waals surface area (Å²) in [5, 5.41) is 0. The highest BCUT2D eigenvalue weighted by atomic mass is 35.5. The predicted molar refractivity (Wildman–Crippen MR) is 60.7 cm³/mol. The van der Waals surface area contributed by atoms with Gasteiger partial charge < -0.3 is 5.73 Å². The molecule has 3 N–H and O–H groups in total. The Bertz CT molecular complexity index is 243. The molecule has 0 aromatic heterocycles. The Labute approximate surface area is 92.6 Å². The number of hydrogen-bond donors (Lipinski definition) is 2. The summed E-state index contributed by atoms with van der Waals surface area (Å²) in [5.41, 5.74) is 5.37. The quantitative estimate of drug-likeness (QED) is 0.712. The summed E-state index contributed by atoms with van der Waals surface area (Å²) in [6.07, 6.45) is 0. The molecule has 0 aromatic rings. The minimum Gasteiger partial charge on any atom is -0.329 e. The van der Waals surface area contributed by atoms with Crippen molar-refractivity contribution >= 4 is 22.6 Å². The topological polar surface area (TPSA) is 75.4 Å². The van der Waals surface area contributed by atoms with E-state index >= 15 is 0 Å². The molecule has 0 aliphatic rings. The number of nitrogens with one attached hydrogen (secondary N) is 1. The van der Waals surface area contributed by atoms with Crippen molar-refractivity contribution in [2.75, 3.05) is 13.6 Å². The van der Waals surface area contributed by atoms with Gasteiger partial charge >= 0.3 is 0 Å². The first-order chi connectivity index (χ1) is 5.81. The maximum atomic E-state index is 11.5. The fourth-order valence-corrected chi connectivity index (χ4v) is 2.09. The molecular weight excluding hydrogens is 226 g/mol. The molecule has 5 nitrogen and oxygen atoms in total. The normalized spacial score (nSPS) is 14.2. The van der Waals surface area contributed by atoms with Crippen LogP contribution in [0.25, 0.3) is 0 Å². The largest absolute Gasteiger partial charge is 0.329 e. The third-order valence-electron chi connectivity index (χ3n) is 1.73. The standard InChI is InChI=1S/C7H19N3O2S.ClH/c1-6(2)9-13(11,12)10(4)7(3)5-8;/h6-7,9H,5,8H2,1-4H3;1H. The Morgan fingerprint density at radius 1 is 1.36 bits per heavy atom. The zero-order valence-electron chi connectivity index (χ0n) is 9.02. The molecule has 88 valence electrons. The van der Waals surface area contributed by atoms with E-state index in [1.54, 1.807) is 20.8 Å². The first-order valence-electron chi connectivity index (χ1n) is 4.26. The lowest BCUT2D eigenvalue weighted by Crippen LogP contribution is -2.47. The molecule has 14 heavy (non-hydrogen) atoms. The Morgan fingerprint density at radius 3 is 2.07 bits per heavy atom. The second kappa shape index (κ2) is 6.58. The Balaban J connectivity index is 0. The third-order valence-corrected chi connectivity index (χ3v) is 3.61. The molecule has 0 aromatic carbocycles. The van der Waals surface area contributed by atoms with Gasteiger partial charge in [0.15, 0.2) is 0 Å². The molecule has 1 atom stereocenters. The van der Waals surface area contributed by atoms with Crippen LogP contribution in [0.5, 0.6) is 0 Å². The van der Waals surface area contributed by atoms with Gasteiger partial charge in [0.2, 0.25) is 0 Å². The Morgan fingerprint density at radius 2 is 1.79 bits per heavy atom. The molecule has 0 fully saturated rings. The average molecular weight is 246 g/mol. The van der Waals surface area contributed by atoms with Gasteiger partial charge in [-0.25, -0.2) is 0 Å². The molecule has 0 aliphatic heterocycles. The molecule has 1 unspecified atom stereocenters. The summed E-state index contributed by atoms with van der Waals surface area (Å²) in [6, 6.07) is -0.284. The smallest absolute Gasteiger partial charge is 0.279 e. The summed E-state index contributed by atoms with van der Waals surface area (Å²) in [5.74, 6) is 0. The number of nitrogens with two attached hydrogens (primary N) is 1. The fraction of sp³-hybridized carbons (Fsp3) is 1.00. The molecule has 7 heteroatoms. The van der Waals surface area contributed by atoms with E-state index in [0.29, 0.717) is 6.54 Å². The summed E-state index contributed by atoms with van der Waals surface area (Å²) in [7, 11) is -1.85. The van der Waals surface area contributed by atoms with Gasteiger partial charge in [-0.05, 0) is 20.8 Å². The average Bonchev–Trinajstić information content (AvgIpc) is 1.99. The monoisotopic (exact) mass is 245 g/mol. The fourth-order valence-electron chi connectivity index (χ4n) is 0.766. The van der Waals surface area contributed by atoms with Crippen molar-refractivity contribution in [2.24, 2.45) is 5.73 Å². The second-order valence-electron chi connectivity index (χ2n) is 3.38.